The number of halogens is 1. The zero-order chi connectivity index (χ0) is 26.6. The Morgan fingerprint density at radius 1 is 1.11 bits per heavy atom. The average molecular weight is 550 g/mol. The van der Waals surface area contributed by atoms with Gasteiger partial charge in [0.15, 0.2) is 0 Å². The molecular formula is C31H32ClNO4S. The lowest BCUT2D eigenvalue weighted by Gasteiger charge is -2.30. The van der Waals surface area contributed by atoms with E-state index in [1.165, 1.54) is 10.5 Å². The van der Waals surface area contributed by atoms with Crippen molar-refractivity contribution >= 4 is 29.3 Å². The van der Waals surface area contributed by atoms with Gasteiger partial charge in [-0.25, -0.2) is 0 Å². The Morgan fingerprint density at radius 3 is 2.58 bits per heavy atom. The summed E-state index contributed by atoms with van der Waals surface area (Å²) < 4.78 is 11.8. The highest BCUT2D eigenvalue weighted by molar-refractivity contribution is 7.98. The van der Waals surface area contributed by atoms with E-state index in [4.69, 9.17) is 21.1 Å². The van der Waals surface area contributed by atoms with Crippen molar-refractivity contribution in [2.75, 3.05) is 12.9 Å². The Balaban J connectivity index is 1.21. The average Bonchev–Trinajstić information content (AvgIpc) is 2.93. The van der Waals surface area contributed by atoms with Crippen molar-refractivity contribution in [2.24, 2.45) is 0 Å². The summed E-state index contributed by atoms with van der Waals surface area (Å²) in [5.41, 5.74) is 2.74. The number of allylic oxidation sites excluding steroid dienone is 1. The Kier molecular flexibility index (Phi) is 8.20. The minimum absolute atomic E-state index is 0.0737. The van der Waals surface area contributed by atoms with Gasteiger partial charge in [-0.2, -0.15) is 0 Å². The van der Waals surface area contributed by atoms with Crippen molar-refractivity contribution in [2.45, 2.75) is 54.9 Å². The lowest BCUT2D eigenvalue weighted by atomic mass is 9.81. The molecule has 0 aromatic heterocycles. The van der Waals surface area contributed by atoms with Crippen molar-refractivity contribution in [3.63, 3.8) is 0 Å². The molecule has 3 atom stereocenters. The van der Waals surface area contributed by atoms with Gasteiger partial charge in [0, 0.05) is 34.0 Å². The fourth-order valence-electron chi connectivity index (χ4n) is 5.38. The maximum atomic E-state index is 13.0. The molecule has 0 radical (unpaired) electrons. The molecule has 3 aromatic rings. The van der Waals surface area contributed by atoms with Crippen LogP contribution in [0.4, 0.5) is 0 Å². The molecule has 0 bridgehead atoms. The lowest BCUT2D eigenvalue weighted by molar-refractivity contribution is 0.0925. The van der Waals surface area contributed by atoms with Crippen LogP contribution >= 0.6 is 23.4 Å². The Labute approximate surface area is 233 Å². The molecular weight excluding hydrogens is 518 g/mol. The number of carbonyl (C=O) groups is 1. The third-order valence-corrected chi connectivity index (χ3v) is 8.49. The molecule has 3 aromatic carbocycles. The van der Waals surface area contributed by atoms with Gasteiger partial charge in [0.1, 0.15) is 17.2 Å². The molecule has 1 heterocycles. The quantitative estimate of drug-likeness (QED) is 0.229. The summed E-state index contributed by atoms with van der Waals surface area (Å²) in [5, 5.41) is 13.6. The van der Waals surface area contributed by atoms with E-state index < -0.39 is 0 Å². The molecule has 3 unspecified atom stereocenters. The van der Waals surface area contributed by atoms with Crippen LogP contribution in [0.1, 0.15) is 65.4 Å². The van der Waals surface area contributed by atoms with Crippen LogP contribution in [-0.4, -0.2) is 29.9 Å². The first-order valence-corrected chi connectivity index (χ1v) is 14.6. The summed E-state index contributed by atoms with van der Waals surface area (Å²) in [5.74, 6) is 1.93. The highest BCUT2D eigenvalue weighted by Gasteiger charge is 2.27. The zero-order valence-corrected chi connectivity index (χ0v) is 23.0. The van der Waals surface area contributed by atoms with Gasteiger partial charge in [0.2, 0.25) is 0 Å². The predicted octanol–water partition coefficient (Wildman–Crippen LogP) is 8.25. The number of carbonyl (C=O) groups excluding carboxylic acids is 1. The largest absolute Gasteiger partial charge is 0.512 e. The maximum absolute atomic E-state index is 13.0. The summed E-state index contributed by atoms with van der Waals surface area (Å²) >= 11 is 8.24. The van der Waals surface area contributed by atoms with Gasteiger partial charge in [0.25, 0.3) is 5.91 Å². The van der Waals surface area contributed by atoms with Gasteiger partial charge in [-0.1, -0.05) is 36.7 Å². The molecule has 7 heteroatoms. The third kappa shape index (κ3) is 5.97. The predicted molar refractivity (Wildman–Crippen MR) is 153 cm³/mol. The van der Waals surface area contributed by atoms with E-state index in [2.05, 4.69) is 42.4 Å². The fraction of sp³-hybridized carbons (Fsp3) is 0.323. The Bertz CT molecular complexity index is 1310. The van der Waals surface area contributed by atoms with Crippen molar-refractivity contribution in [1.29, 1.82) is 0 Å². The number of rotatable bonds is 7. The molecule has 2 aliphatic rings. The van der Waals surface area contributed by atoms with E-state index in [0.717, 1.165) is 31.2 Å². The molecule has 2 N–H and O–H groups in total. The highest BCUT2D eigenvalue weighted by atomic mass is 35.5. The van der Waals surface area contributed by atoms with Crippen LogP contribution in [0.3, 0.4) is 0 Å². The van der Waals surface area contributed by atoms with Gasteiger partial charge >= 0.3 is 0 Å². The van der Waals surface area contributed by atoms with Crippen molar-refractivity contribution < 1.29 is 19.4 Å². The summed E-state index contributed by atoms with van der Waals surface area (Å²) in [7, 11) is 0. The van der Waals surface area contributed by atoms with Crippen LogP contribution in [0.15, 0.2) is 77.9 Å². The van der Waals surface area contributed by atoms with Crippen LogP contribution in [0.25, 0.3) is 0 Å². The third-order valence-electron chi connectivity index (χ3n) is 7.45. The number of fused-ring (bicyclic) bond motifs is 1. The first-order chi connectivity index (χ1) is 18.4. The minimum atomic E-state index is -0.205. The van der Waals surface area contributed by atoms with Crippen molar-refractivity contribution in [1.82, 2.24) is 5.32 Å². The molecule has 1 saturated carbocycles. The van der Waals surface area contributed by atoms with Crippen molar-refractivity contribution in [3.8, 4) is 17.2 Å². The summed E-state index contributed by atoms with van der Waals surface area (Å²) in [4.78, 5) is 14.3. The van der Waals surface area contributed by atoms with Crippen LogP contribution in [0, 0.1) is 0 Å². The molecule has 1 fully saturated rings. The summed E-state index contributed by atoms with van der Waals surface area (Å²) in [6, 6.07) is 19.5. The lowest BCUT2D eigenvalue weighted by Crippen LogP contribution is -2.37. The van der Waals surface area contributed by atoms with Gasteiger partial charge < -0.3 is 19.9 Å². The number of thioether (sulfide) groups is 1. The summed E-state index contributed by atoms with van der Waals surface area (Å²) in [6.07, 6.45) is 6.94. The monoisotopic (exact) mass is 549 g/mol. The molecule has 1 aliphatic carbocycles. The SMILES string of the molecule is C=C(O)C1CCOc2cc(Oc3ccc(C(=O)NC4CCCC(c5ccc(SC)cc5)C4)cc3)c(Cl)cc21. The van der Waals surface area contributed by atoms with E-state index in [0.29, 0.717) is 46.8 Å². The van der Waals surface area contributed by atoms with Gasteiger partial charge in [0.05, 0.1) is 17.4 Å². The van der Waals surface area contributed by atoms with Crippen LogP contribution in [0.2, 0.25) is 5.02 Å². The number of benzene rings is 3. The minimum Gasteiger partial charge on any atom is -0.512 e. The van der Waals surface area contributed by atoms with E-state index >= 15 is 0 Å². The van der Waals surface area contributed by atoms with Gasteiger partial charge in [-0.05, 0) is 85.9 Å². The molecule has 198 valence electrons. The fourth-order valence-corrected chi connectivity index (χ4v) is 6.00. The second kappa shape index (κ2) is 11.7. The van der Waals surface area contributed by atoms with Crippen LogP contribution in [-0.2, 0) is 0 Å². The molecule has 5 rings (SSSR count). The number of hydrogen-bond acceptors (Lipinski definition) is 5. The second-order valence-corrected chi connectivity index (χ2v) is 11.2. The molecule has 38 heavy (non-hydrogen) atoms. The maximum Gasteiger partial charge on any atom is 0.251 e. The number of nitrogens with one attached hydrogen (secondary N) is 1. The van der Waals surface area contributed by atoms with Crippen molar-refractivity contribution in [3.05, 3.63) is 94.7 Å². The first-order valence-electron chi connectivity index (χ1n) is 13.0. The number of aliphatic hydroxyl groups excluding tert-OH is 1. The van der Waals surface area contributed by atoms with Crippen LogP contribution in [0.5, 0.6) is 17.2 Å². The topological polar surface area (TPSA) is 67.8 Å². The normalized spacial score (nSPS) is 20.6. The highest BCUT2D eigenvalue weighted by Crippen LogP contribution is 2.43. The zero-order valence-electron chi connectivity index (χ0n) is 21.4. The number of aliphatic hydroxyl groups is 1. The number of hydrogen-bond donors (Lipinski definition) is 2. The number of amides is 1. The van der Waals surface area contributed by atoms with E-state index in [-0.39, 0.29) is 23.6 Å². The van der Waals surface area contributed by atoms with E-state index in [1.807, 2.05) is 0 Å². The molecule has 1 aliphatic heterocycles. The first kappa shape index (κ1) is 26.5. The Morgan fingerprint density at radius 2 is 1.87 bits per heavy atom. The summed E-state index contributed by atoms with van der Waals surface area (Å²) in [6.45, 7) is 4.15. The molecule has 1 amide bonds. The molecule has 0 spiro atoms. The van der Waals surface area contributed by atoms with E-state index in [1.54, 1.807) is 48.2 Å². The van der Waals surface area contributed by atoms with Crippen LogP contribution < -0.4 is 14.8 Å². The smallest absolute Gasteiger partial charge is 0.251 e. The van der Waals surface area contributed by atoms with E-state index in [9.17, 15) is 9.90 Å². The molecule has 5 nitrogen and oxygen atoms in total. The van der Waals surface area contributed by atoms with Gasteiger partial charge in [-0.3, -0.25) is 4.79 Å². The Hall–Kier alpha value is -3.09. The number of ether oxygens (including phenoxy) is 2. The molecule has 0 saturated heterocycles. The second-order valence-electron chi connectivity index (χ2n) is 9.94. The standard InChI is InChI=1S/C31H32ClNO4S/c1-19(34)26-14-15-36-29-18-30(28(32)17-27(26)29)37-24-10-6-21(7-11-24)31(35)33-23-5-3-4-22(16-23)20-8-12-25(38-2)13-9-20/h6-13,17-18,22-23,26,34H,1,3-5,14-16H2,2H3,(H,33,35). The van der Waals surface area contributed by atoms with Gasteiger partial charge in [-0.15, -0.1) is 11.8 Å².